The van der Waals surface area contributed by atoms with E-state index in [1.165, 1.54) is 35.5 Å². The van der Waals surface area contributed by atoms with Crippen LogP contribution >= 0.6 is 0 Å². The van der Waals surface area contributed by atoms with Gasteiger partial charge in [-0.15, -0.1) is 0 Å². The predicted octanol–water partition coefficient (Wildman–Crippen LogP) is 4.89. The lowest BCUT2D eigenvalue weighted by Crippen LogP contribution is -2.14. The molecule has 0 amide bonds. The number of aromatic nitrogens is 2. The van der Waals surface area contributed by atoms with Crippen LogP contribution in [0.25, 0.3) is 0 Å². The van der Waals surface area contributed by atoms with Crippen molar-refractivity contribution in [3.8, 4) is 28.7 Å². The van der Waals surface area contributed by atoms with Crippen molar-refractivity contribution in [3.05, 3.63) is 47.7 Å². The molecule has 0 saturated carbocycles. The van der Waals surface area contributed by atoms with E-state index in [1.807, 2.05) is 0 Å². The summed E-state index contributed by atoms with van der Waals surface area (Å²) in [6, 6.07) is 8.17. The van der Waals surface area contributed by atoms with E-state index in [4.69, 9.17) is 23.7 Å². The molecule has 1 heterocycles. The Kier molecular flexibility index (Phi) is 7.94. The van der Waals surface area contributed by atoms with E-state index < -0.39 is 17.6 Å². The minimum Gasteiger partial charge on any atom is -0.497 e. The molecule has 35 heavy (non-hydrogen) atoms. The number of hydrogen-bond acceptors (Lipinski definition) is 9. The molecule has 9 nitrogen and oxygen atoms in total. The molecule has 3 aromatic rings. The molecule has 0 aliphatic heterocycles. The van der Waals surface area contributed by atoms with Gasteiger partial charge >= 0.3 is 6.18 Å². The molecule has 1 aromatic heterocycles. The minimum absolute atomic E-state index is 0.0108. The quantitative estimate of drug-likeness (QED) is 0.408. The molecule has 12 heteroatoms. The van der Waals surface area contributed by atoms with Gasteiger partial charge in [0.15, 0.2) is 11.5 Å². The molecule has 0 bridgehead atoms. The number of methoxy groups -OCH3 is 5. The van der Waals surface area contributed by atoms with Crippen LogP contribution in [0.2, 0.25) is 0 Å². The number of nitrogens with one attached hydrogen (secondary N) is 2. The van der Waals surface area contributed by atoms with E-state index in [1.54, 1.807) is 30.3 Å². The van der Waals surface area contributed by atoms with E-state index in [9.17, 15) is 13.2 Å². The first-order chi connectivity index (χ1) is 16.7. The molecule has 0 atom stereocenters. The van der Waals surface area contributed by atoms with Gasteiger partial charge in [-0.3, -0.25) is 0 Å². The molecule has 0 spiro atoms. The van der Waals surface area contributed by atoms with E-state index in [0.717, 1.165) is 0 Å². The second kappa shape index (κ2) is 10.9. The van der Waals surface area contributed by atoms with Crippen molar-refractivity contribution in [1.82, 2.24) is 9.97 Å². The van der Waals surface area contributed by atoms with Crippen LogP contribution in [0.3, 0.4) is 0 Å². The zero-order valence-electron chi connectivity index (χ0n) is 19.7. The second-order valence-corrected chi connectivity index (χ2v) is 7.02. The monoisotopic (exact) mass is 494 g/mol. The van der Waals surface area contributed by atoms with Gasteiger partial charge < -0.3 is 34.3 Å². The van der Waals surface area contributed by atoms with Gasteiger partial charge in [-0.25, -0.2) is 4.98 Å². The van der Waals surface area contributed by atoms with Crippen LogP contribution in [0.15, 0.2) is 36.5 Å². The average molecular weight is 494 g/mol. The number of anilines is 3. The Morgan fingerprint density at radius 3 is 2.03 bits per heavy atom. The summed E-state index contributed by atoms with van der Waals surface area (Å²) in [7, 11) is 7.33. The summed E-state index contributed by atoms with van der Waals surface area (Å²) in [5, 5.41) is 5.61. The van der Waals surface area contributed by atoms with Gasteiger partial charge in [-0.2, -0.15) is 18.2 Å². The highest BCUT2D eigenvalue weighted by molar-refractivity contribution is 5.66. The largest absolute Gasteiger partial charge is 0.497 e. The number of rotatable bonds is 10. The van der Waals surface area contributed by atoms with Crippen LogP contribution < -0.4 is 34.3 Å². The molecular formula is C23H25F3N4O5. The third kappa shape index (κ3) is 5.89. The van der Waals surface area contributed by atoms with Crippen molar-refractivity contribution < 1.29 is 36.9 Å². The van der Waals surface area contributed by atoms with Crippen LogP contribution in [0.4, 0.5) is 30.6 Å². The van der Waals surface area contributed by atoms with Crippen molar-refractivity contribution in [1.29, 1.82) is 0 Å². The summed E-state index contributed by atoms with van der Waals surface area (Å²) in [6.45, 7) is 0.0108. The summed E-state index contributed by atoms with van der Waals surface area (Å²) in [5.74, 6) is 1.61. The molecule has 0 aliphatic carbocycles. The summed E-state index contributed by atoms with van der Waals surface area (Å²) in [4.78, 5) is 7.89. The zero-order chi connectivity index (χ0) is 25.6. The van der Waals surface area contributed by atoms with E-state index in [2.05, 4.69) is 20.6 Å². The molecule has 3 rings (SSSR count). The SMILES string of the molecule is COc1ccc(CNc2nc(Nc3cc(OC)c(OC)c(OC)c3)ncc2C(F)(F)F)c(OC)c1. The van der Waals surface area contributed by atoms with Gasteiger partial charge in [0.1, 0.15) is 22.9 Å². The number of hydrogen-bond donors (Lipinski definition) is 2. The molecular weight excluding hydrogens is 469 g/mol. The van der Waals surface area contributed by atoms with Crippen LogP contribution in [0, 0.1) is 0 Å². The Morgan fingerprint density at radius 2 is 1.49 bits per heavy atom. The smallest absolute Gasteiger partial charge is 0.421 e. The highest BCUT2D eigenvalue weighted by Gasteiger charge is 2.35. The highest BCUT2D eigenvalue weighted by Crippen LogP contribution is 2.41. The number of benzene rings is 2. The van der Waals surface area contributed by atoms with Crippen LogP contribution in [-0.2, 0) is 12.7 Å². The lowest BCUT2D eigenvalue weighted by molar-refractivity contribution is -0.137. The Labute approximate surface area is 200 Å². The third-order valence-corrected chi connectivity index (χ3v) is 4.96. The van der Waals surface area contributed by atoms with Crippen molar-refractivity contribution in [2.75, 3.05) is 46.2 Å². The van der Waals surface area contributed by atoms with E-state index in [-0.39, 0.29) is 12.5 Å². The summed E-state index contributed by atoms with van der Waals surface area (Å²) < 4.78 is 67.2. The summed E-state index contributed by atoms with van der Waals surface area (Å²) in [6.07, 6.45) is -3.96. The molecule has 2 aromatic carbocycles. The van der Waals surface area contributed by atoms with Gasteiger partial charge in [0, 0.05) is 42.2 Å². The molecule has 2 N–H and O–H groups in total. The third-order valence-electron chi connectivity index (χ3n) is 4.96. The lowest BCUT2D eigenvalue weighted by Gasteiger charge is -2.17. The Morgan fingerprint density at radius 1 is 0.829 bits per heavy atom. The van der Waals surface area contributed by atoms with Crippen molar-refractivity contribution in [2.24, 2.45) is 0 Å². The Balaban J connectivity index is 1.93. The summed E-state index contributed by atoms with van der Waals surface area (Å²) in [5.41, 5.74) is 0.0154. The minimum atomic E-state index is -4.67. The highest BCUT2D eigenvalue weighted by atomic mass is 19.4. The maximum atomic E-state index is 13.6. The fourth-order valence-electron chi connectivity index (χ4n) is 3.24. The molecule has 0 radical (unpaired) electrons. The molecule has 0 aliphatic rings. The first-order valence-corrected chi connectivity index (χ1v) is 10.2. The first-order valence-electron chi connectivity index (χ1n) is 10.2. The Bertz CT molecular complexity index is 1150. The van der Waals surface area contributed by atoms with Crippen LogP contribution in [-0.4, -0.2) is 45.5 Å². The molecule has 0 saturated heterocycles. The standard InChI is InChI=1S/C23H25F3N4O5/c1-31-15-7-6-13(17(10-15)32-2)11-27-21-16(23(24,25)26)12-28-22(30-21)29-14-8-18(33-3)20(35-5)19(9-14)34-4/h6-10,12H,11H2,1-5H3,(H2,27,28,29,30). The number of ether oxygens (including phenoxy) is 5. The van der Waals surface area contributed by atoms with Gasteiger partial charge in [-0.05, 0) is 12.1 Å². The lowest BCUT2D eigenvalue weighted by atomic mass is 10.2. The van der Waals surface area contributed by atoms with Crippen LogP contribution in [0.1, 0.15) is 11.1 Å². The molecule has 0 unspecified atom stereocenters. The van der Waals surface area contributed by atoms with Gasteiger partial charge in [-0.1, -0.05) is 0 Å². The van der Waals surface area contributed by atoms with Crippen molar-refractivity contribution >= 4 is 17.5 Å². The predicted molar refractivity (Wildman–Crippen MR) is 123 cm³/mol. The zero-order valence-corrected chi connectivity index (χ0v) is 19.7. The normalized spacial score (nSPS) is 11.0. The van der Waals surface area contributed by atoms with E-state index in [0.29, 0.717) is 46.2 Å². The molecule has 188 valence electrons. The molecule has 0 fully saturated rings. The van der Waals surface area contributed by atoms with Gasteiger partial charge in [0.25, 0.3) is 0 Å². The summed E-state index contributed by atoms with van der Waals surface area (Å²) >= 11 is 0. The van der Waals surface area contributed by atoms with E-state index >= 15 is 0 Å². The van der Waals surface area contributed by atoms with Gasteiger partial charge in [0.2, 0.25) is 11.7 Å². The Hall–Kier alpha value is -4.09. The fraction of sp³-hybridized carbons (Fsp3) is 0.304. The van der Waals surface area contributed by atoms with Crippen molar-refractivity contribution in [3.63, 3.8) is 0 Å². The maximum Gasteiger partial charge on any atom is 0.421 e. The number of alkyl halides is 3. The topological polar surface area (TPSA) is 96.0 Å². The fourth-order valence-corrected chi connectivity index (χ4v) is 3.24. The van der Waals surface area contributed by atoms with Crippen molar-refractivity contribution in [2.45, 2.75) is 12.7 Å². The van der Waals surface area contributed by atoms with Crippen LogP contribution in [0.5, 0.6) is 28.7 Å². The maximum absolute atomic E-state index is 13.6. The van der Waals surface area contributed by atoms with Gasteiger partial charge in [0.05, 0.1) is 35.5 Å². The number of nitrogens with zero attached hydrogens (tertiary/aromatic N) is 2. The average Bonchev–Trinajstić information content (AvgIpc) is 2.85. The first kappa shape index (κ1) is 25.5. The number of halogens is 3. The second-order valence-electron chi connectivity index (χ2n) is 7.02.